The molecule has 5 heteroatoms. The van der Waals surface area contributed by atoms with Gasteiger partial charge in [0.25, 0.3) is 0 Å². The van der Waals surface area contributed by atoms with Crippen LogP contribution in [0.15, 0.2) is 48.1 Å². The Hall–Kier alpha value is -1.62. The van der Waals surface area contributed by atoms with E-state index >= 15 is 0 Å². The largest absolute Gasteiger partial charge is 0.392 e. The van der Waals surface area contributed by atoms with Gasteiger partial charge in [-0.1, -0.05) is 47.5 Å². The highest BCUT2D eigenvalue weighted by molar-refractivity contribution is 6.30. The van der Waals surface area contributed by atoms with Gasteiger partial charge in [0, 0.05) is 37.9 Å². The zero-order valence-electron chi connectivity index (χ0n) is 18.0. The summed E-state index contributed by atoms with van der Waals surface area (Å²) in [5.74, 6) is 1.15. The third-order valence-electron chi connectivity index (χ3n) is 6.50. The minimum atomic E-state index is -0.569. The molecule has 5 atom stereocenters. The van der Waals surface area contributed by atoms with E-state index < -0.39 is 6.10 Å². The van der Waals surface area contributed by atoms with Crippen molar-refractivity contribution in [3.8, 4) is 0 Å². The highest BCUT2D eigenvalue weighted by Crippen LogP contribution is 2.48. The van der Waals surface area contributed by atoms with Crippen LogP contribution in [-0.4, -0.2) is 47.3 Å². The summed E-state index contributed by atoms with van der Waals surface area (Å²) in [7, 11) is 3.60. The van der Waals surface area contributed by atoms with Crippen LogP contribution in [0.5, 0.6) is 0 Å². The number of unbranched alkanes of at least 4 members (excludes halogenated alkanes) is 1. The molecule has 2 aliphatic carbocycles. The summed E-state index contributed by atoms with van der Waals surface area (Å²) in [6, 6.07) is 7.53. The number of fused-ring (bicyclic) bond motifs is 1. The first-order valence-electron chi connectivity index (χ1n) is 11.0. The molecule has 1 aromatic rings. The van der Waals surface area contributed by atoms with Gasteiger partial charge in [0.2, 0.25) is 5.91 Å². The summed E-state index contributed by atoms with van der Waals surface area (Å²) in [6.45, 7) is 0. The summed E-state index contributed by atoms with van der Waals surface area (Å²) < 4.78 is 0. The highest BCUT2D eigenvalue weighted by atomic mass is 35.5. The molecular weight excluding hydrogens is 398 g/mol. The molecule has 0 aliphatic heterocycles. The Morgan fingerprint density at radius 3 is 2.70 bits per heavy atom. The van der Waals surface area contributed by atoms with Gasteiger partial charge in [0.1, 0.15) is 0 Å². The van der Waals surface area contributed by atoms with E-state index in [0.717, 1.165) is 37.7 Å². The molecule has 1 saturated carbocycles. The first-order valence-corrected chi connectivity index (χ1v) is 11.4. The monoisotopic (exact) mass is 431 g/mol. The van der Waals surface area contributed by atoms with Crippen molar-refractivity contribution in [2.75, 3.05) is 14.1 Å². The average molecular weight is 432 g/mol. The summed E-state index contributed by atoms with van der Waals surface area (Å²) in [4.78, 5) is 13.3. The van der Waals surface area contributed by atoms with Crippen molar-refractivity contribution in [3.05, 3.63) is 58.7 Å². The molecule has 164 valence electrons. The van der Waals surface area contributed by atoms with Gasteiger partial charge < -0.3 is 15.1 Å². The van der Waals surface area contributed by atoms with Gasteiger partial charge in [-0.25, -0.2) is 0 Å². The number of hydrogen-bond donors (Lipinski definition) is 2. The Kier molecular flexibility index (Phi) is 8.15. The number of carbonyl (C=O) groups is 1. The molecule has 1 aromatic carbocycles. The molecule has 1 amide bonds. The summed E-state index contributed by atoms with van der Waals surface area (Å²) in [6.07, 6.45) is 11.3. The van der Waals surface area contributed by atoms with E-state index in [1.807, 2.05) is 36.4 Å². The first kappa shape index (κ1) is 23.1. The van der Waals surface area contributed by atoms with Crippen molar-refractivity contribution in [1.82, 2.24) is 4.90 Å². The van der Waals surface area contributed by atoms with E-state index in [1.165, 1.54) is 5.57 Å². The van der Waals surface area contributed by atoms with Crippen LogP contribution in [0.25, 0.3) is 0 Å². The van der Waals surface area contributed by atoms with Crippen LogP contribution in [0.1, 0.15) is 44.1 Å². The van der Waals surface area contributed by atoms with Crippen molar-refractivity contribution >= 4 is 17.5 Å². The molecule has 4 nitrogen and oxygen atoms in total. The van der Waals surface area contributed by atoms with Gasteiger partial charge in [-0.15, -0.1) is 0 Å². The predicted octanol–water partition coefficient (Wildman–Crippen LogP) is 4.39. The average Bonchev–Trinajstić information content (AvgIpc) is 3.21. The van der Waals surface area contributed by atoms with E-state index in [9.17, 15) is 15.0 Å². The minimum absolute atomic E-state index is 0.0962. The molecule has 30 heavy (non-hydrogen) atoms. The number of carbonyl (C=O) groups excluding carboxylic acids is 1. The Bertz CT molecular complexity index is 771. The second kappa shape index (κ2) is 10.6. The molecule has 0 aromatic heterocycles. The van der Waals surface area contributed by atoms with Gasteiger partial charge in [-0.3, -0.25) is 4.79 Å². The van der Waals surface area contributed by atoms with Crippen LogP contribution < -0.4 is 0 Å². The molecule has 0 saturated heterocycles. The van der Waals surface area contributed by atoms with Crippen LogP contribution in [-0.2, 0) is 11.2 Å². The Morgan fingerprint density at radius 1 is 1.27 bits per heavy atom. The predicted molar refractivity (Wildman–Crippen MR) is 121 cm³/mol. The first-order chi connectivity index (χ1) is 14.3. The standard InChI is InChI=1S/C25H34ClNO3/c1-27(2)25(30)6-4-3-5-18-13-19-16-24(29)22(23(19)15-18)12-11-21(28)14-17-7-9-20(26)10-8-17/h7-13,19,21-24,28-29H,3-6,14-16H2,1-2H3/b12-11+/t19-,21-,22+,23-,24+/m0/s1. The number of hydrogen-bond acceptors (Lipinski definition) is 3. The fraction of sp³-hybridized carbons (Fsp3) is 0.560. The summed E-state index contributed by atoms with van der Waals surface area (Å²) >= 11 is 5.91. The molecule has 1 fully saturated rings. The van der Waals surface area contributed by atoms with E-state index in [-0.39, 0.29) is 17.9 Å². The Morgan fingerprint density at radius 2 is 2.00 bits per heavy atom. The summed E-state index contributed by atoms with van der Waals surface area (Å²) in [5, 5.41) is 21.6. The lowest BCUT2D eigenvalue weighted by molar-refractivity contribution is -0.128. The third-order valence-corrected chi connectivity index (χ3v) is 6.75. The number of aliphatic hydroxyl groups excluding tert-OH is 2. The zero-order valence-corrected chi connectivity index (χ0v) is 18.8. The van der Waals surface area contributed by atoms with Crippen molar-refractivity contribution in [2.45, 2.75) is 57.2 Å². The van der Waals surface area contributed by atoms with Crippen LogP contribution in [0.2, 0.25) is 5.02 Å². The van der Waals surface area contributed by atoms with Gasteiger partial charge in [-0.05, 0) is 61.6 Å². The van der Waals surface area contributed by atoms with Crippen molar-refractivity contribution in [2.24, 2.45) is 17.8 Å². The Balaban J connectivity index is 1.47. The van der Waals surface area contributed by atoms with Gasteiger partial charge >= 0.3 is 0 Å². The topological polar surface area (TPSA) is 60.8 Å². The number of allylic oxidation sites excluding steroid dienone is 2. The third kappa shape index (κ3) is 6.19. The van der Waals surface area contributed by atoms with Crippen LogP contribution in [0.3, 0.4) is 0 Å². The normalized spacial score (nSPS) is 26.6. The maximum Gasteiger partial charge on any atom is 0.222 e. The molecule has 3 rings (SSSR count). The highest BCUT2D eigenvalue weighted by Gasteiger charge is 2.43. The smallest absolute Gasteiger partial charge is 0.222 e. The van der Waals surface area contributed by atoms with Crippen molar-refractivity contribution in [1.29, 1.82) is 0 Å². The molecular formula is C25H34ClNO3. The number of amides is 1. The zero-order chi connectivity index (χ0) is 21.7. The second-order valence-corrected chi connectivity index (χ2v) is 9.45. The molecule has 2 N–H and O–H groups in total. The van der Waals surface area contributed by atoms with Crippen LogP contribution in [0.4, 0.5) is 0 Å². The lowest BCUT2D eigenvalue weighted by Gasteiger charge is -2.19. The Labute approximate surface area is 185 Å². The van der Waals surface area contributed by atoms with Crippen LogP contribution >= 0.6 is 11.6 Å². The number of nitrogens with zero attached hydrogens (tertiary/aromatic N) is 1. The number of benzene rings is 1. The molecule has 0 radical (unpaired) electrons. The molecule has 2 aliphatic rings. The van der Waals surface area contributed by atoms with E-state index in [4.69, 9.17) is 11.6 Å². The lowest BCUT2D eigenvalue weighted by Crippen LogP contribution is -2.21. The van der Waals surface area contributed by atoms with Crippen LogP contribution in [0, 0.1) is 17.8 Å². The maximum absolute atomic E-state index is 11.7. The molecule has 0 unspecified atom stereocenters. The number of aliphatic hydroxyl groups is 2. The summed E-state index contributed by atoms with van der Waals surface area (Å²) in [5.41, 5.74) is 2.51. The molecule has 0 bridgehead atoms. The SMILES string of the molecule is CN(C)C(=O)CCCCC1=C[C@H]2C[C@@H](O)[C@H](/C=C/[C@H](O)Cc3ccc(Cl)cc3)[C@H]2C1. The van der Waals surface area contributed by atoms with E-state index in [1.54, 1.807) is 19.0 Å². The molecule has 0 heterocycles. The van der Waals surface area contributed by atoms with Crippen molar-refractivity contribution in [3.63, 3.8) is 0 Å². The van der Waals surface area contributed by atoms with Gasteiger partial charge in [-0.2, -0.15) is 0 Å². The van der Waals surface area contributed by atoms with E-state index in [2.05, 4.69) is 6.08 Å². The quantitative estimate of drug-likeness (QED) is 0.450. The fourth-order valence-electron chi connectivity index (χ4n) is 4.83. The number of halogens is 1. The maximum atomic E-state index is 11.7. The van der Waals surface area contributed by atoms with Gasteiger partial charge in [0.15, 0.2) is 0 Å². The second-order valence-electron chi connectivity index (χ2n) is 9.02. The lowest BCUT2D eigenvalue weighted by atomic mass is 9.88. The number of rotatable bonds is 9. The van der Waals surface area contributed by atoms with E-state index in [0.29, 0.717) is 29.7 Å². The van der Waals surface area contributed by atoms with Crippen molar-refractivity contribution < 1.29 is 15.0 Å². The molecule has 0 spiro atoms. The fourth-order valence-corrected chi connectivity index (χ4v) is 4.96. The van der Waals surface area contributed by atoms with Gasteiger partial charge in [0.05, 0.1) is 12.2 Å². The minimum Gasteiger partial charge on any atom is -0.392 e.